The Morgan fingerprint density at radius 2 is 1.56 bits per heavy atom. The standard InChI is InChI=1S/C6H13O9P.2Na/c7-1-3(8)5(10)6(11)4(9)2-15-16(12,13)14;;/h1,3-6,8-11H,2H2,(H2,12,13,14);;/q;2*+1/p-2/t3-,4+,5-,6+;;/m0../s1. The van der Waals surface area contributed by atoms with Gasteiger partial charge in [-0.25, -0.2) is 0 Å². The third-order valence-corrected chi connectivity index (χ3v) is 2.10. The molecule has 0 unspecified atom stereocenters. The van der Waals surface area contributed by atoms with Crippen molar-refractivity contribution in [3.63, 3.8) is 0 Å². The number of phosphoric ester groups is 1. The van der Waals surface area contributed by atoms with E-state index in [0.717, 1.165) is 0 Å². The van der Waals surface area contributed by atoms with E-state index in [0.29, 0.717) is 0 Å². The maximum absolute atomic E-state index is 10.0. The van der Waals surface area contributed by atoms with Crippen LogP contribution in [0.3, 0.4) is 0 Å². The summed E-state index contributed by atoms with van der Waals surface area (Å²) in [4.78, 5) is 30.0. The third-order valence-electron chi connectivity index (χ3n) is 1.64. The first kappa shape index (κ1) is 24.6. The third kappa shape index (κ3) is 10.4. The number of aliphatic hydroxyl groups excluding tert-OH is 4. The maximum Gasteiger partial charge on any atom is 1.00 e. The fraction of sp³-hybridized carbons (Fsp3) is 0.833. The quantitative estimate of drug-likeness (QED) is 0.202. The van der Waals surface area contributed by atoms with Crippen LogP contribution < -0.4 is 68.9 Å². The predicted molar refractivity (Wildman–Crippen MR) is 43.6 cm³/mol. The average molecular weight is 304 g/mol. The van der Waals surface area contributed by atoms with E-state index < -0.39 is 38.8 Å². The summed E-state index contributed by atoms with van der Waals surface area (Å²) >= 11 is 0. The van der Waals surface area contributed by atoms with Crippen molar-refractivity contribution in [2.75, 3.05) is 6.61 Å². The Kier molecular flexibility index (Phi) is 15.5. The molecule has 18 heavy (non-hydrogen) atoms. The van der Waals surface area contributed by atoms with E-state index in [2.05, 4.69) is 4.52 Å². The summed E-state index contributed by atoms with van der Waals surface area (Å²) in [5, 5.41) is 35.9. The van der Waals surface area contributed by atoms with Gasteiger partial charge in [-0.15, -0.1) is 0 Å². The van der Waals surface area contributed by atoms with Crippen LogP contribution in [0, 0.1) is 0 Å². The summed E-state index contributed by atoms with van der Waals surface area (Å²) in [6.45, 7) is -1.09. The van der Waals surface area contributed by atoms with Crippen molar-refractivity contribution in [3.05, 3.63) is 0 Å². The van der Waals surface area contributed by atoms with Crippen molar-refractivity contribution in [2.24, 2.45) is 0 Å². The van der Waals surface area contributed by atoms with Crippen LogP contribution in [-0.4, -0.2) is 57.7 Å². The van der Waals surface area contributed by atoms with Crippen molar-refractivity contribution in [2.45, 2.75) is 24.4 Å². The van der Waals surface area contributed by atoms with Gasteiger partial charge in [-0.3, -0.25) is 0 Å². The molecule has 9 nitrogen and oxygen atoms in total. The second-order valence-electron chi connectivity index (χ2n) is 2.92. The molecule has 0 aromatic heterocycles. The van der Waals surface area contributed by atoms with Crippen LogP contribution in [0.1, 0.15) is 0 Å². The second-order valence-corrected chi connectivity index (χ2v) is 4.07. The van der Waals surface area contributed by atoms with E-state index in [1.54, 1.807) is 0 Å². The van der Waals surface area contributed by atoms with Gasteiger partial charge in [0.2, 0.25) is 0 Å². The average Bonchev–Trinajstić information content (AvgIpc) is 2.21. The van der Waals surface area contributed by atoms with E-state index >= 15 is 0 Å². The molecule has 0 amide bonds. The van der Waals surface area contributed by atoms with Crippen LogP contribution in [0.2, 0.25) is 0 Å². The van der Waals surface area contributed by atoms with E-state index in [9.17, 15) is 19.1 Å². The maximum atomic E-state index is 10.0. The van der Waals surface area contributed by atoms with Crippen LogP contribution in [0.15, 0.2) is 0 Å². The molecule has 0 saturated carbocycles. The summed E-state index contributed by atoms with van der Waals surface area (Å²) in [7, 11) is -5.30. The number of carbonyl (C=O) groups is 1. The van der Waals surface area contributed by atoms with Crippen molar-refractivity contribution in [1.82, 2.24) is 0 Å². The van der Waals surface area contributed by atoms with Gasteiger partial charge < -0.3 is 44.1 Å². The molecule has 0 radical (unpaired) electrons. The predicted octanol–water partition coefficient (Wildman–Crippen LogP) is -10.5. The first-order chi connectivity index (χ1) is 7.19. The topological polar surface area (TPSA) is 170 Å². The van der Waals surface area contributed by atoms with Crippen molar-refractivity contribution >= 4 is 14.1 Å². The van der Waals surface area contributed by atoms with Gasteiger partial charge >= 0.3 is 59.1 Å². The van der Waals surface area contributed by atoms with Gasteiger partial charge in [-0.1, -0.05) is 0 Å². The molecule has 0 aliphatic rings. The van der Waals surface area contributed by atoms with Gasteiger partial charge in [-0.2, -0.15) is 0 Å². The van der Waals surface area contributed by atoms with Gasteiger partial charge in [0.05, 0.1) is 14.4 Å². The minimum atomic E-state index is -5.30. The number of carbonyl (C=O) groups excluding carboxylic acids is 1. The van der Waals surface area contributed by atoms with Crippen molar-refractivity contribution in [3.8, 4) is 0 Å². The SMILES string of the molecule is O=C[C@H](O)[C@H](O)[C@H](O)[C@H](O)COP(=O)([O-])[O-].[Na+].[Na+]. The first-order valence-corrected chi connectivity index (χ1v) is 5.49. The fourth-order valence-electron chi connectivity index (χ4n) is 0.776. The van der Waals surface area contributed by atoms with Gasteiger partial charge in [0.25, 0.3) is 0 Å². The number of aliphatic hydroxyl groups is 4. The molecule has 0 spiro atoms. The number of hydrogen-bond donors (Lipinski definition) is 4. The molecule has 4 N–H and O–H groups in total. The smallest absolute Gasteiger partial charge is 0.790 e. The molecule has 0 aliphatic heterocycles. The monoisotopic (exact) mass is 304 g/mol. The van der Waals surface area contributed by atoms with Gasteiger partial charge in [0.15, 0.2) is 6.29 Å². The minimum Gasteiger partial charge on any atom is -0.790 e. The number of phosphoric acid groups is 1. The Labute approximate surface area is 147 Å². The van der Waals surface area contributed by atoms with Crippen molar-refractivity contribution in [1.29, 1.82) is 0 Å². The summed E-state index contributed by atoms with van der Waals surface area (Å²) in [5.74, 6) is 0. The molecular formula is C6H11Na2O9P. The van der Waals surface area contributed by atoms with Gasteiger partial charge in [0.1, 0.15) is 24.4 Å². The van der Waals surface area contributed by atoms with Crippen LogP contribution in [0.25, 0.3) is 0 Å². The van der Waals surface area contributed by atoms with E-state index in [-0.39, 0.29) is 65.4 Å². The Bertz CT molecular complexity index is 272. The zero-order valence-corrected chi connectivity index (χ0v) is 14.8. The van der Waals surface area contributed by atoms with E-state index in [4.69, 9.17) is 20.4 Å². The first-order valence-electron chi connectivity index (χ1n) is 4.03. The molecule has 4 atom stereocenters. The second kappa shape index (κ2) is 11.3. The Morgan fingerprint density at radius 3 is 1.89 bits per heavy atom. The van der Waals surface area contributed by atoms with Crippen LogP contribution >= 0.6 is 7.82 Å². The largest absolute Gasteiger partial charge is 1.00 e. The summed E-state index contributed by atoms with van der Waals surface area (Å²) in [5.41, 5.74) is 0. The molecule has 0 bridgehead atoms. The molecule has 0 fully saturated rings. The van der Waals surface area contributed by atoms with E-state index in [1.165, 1.54) is 0 Å². The van der Waals surface area contributed by atoms with Crippen LogP contribution in [-0.2, 0) is 13.9 Å². The fourth-order valence-corrected chi connectivity index (χ4v) is 1.11. The summed E-state index contributed by atoms with van der Waals surface area (Å²) < 4.78 is 13.6. The zero-order chi connectivity index (χ0) is 12.9. The Balaban J connectivity index is -0.00000112. The molecule has 0 aliphatic carbocycles. The molecule has 0 saturated heterocycles. The molecule has 0 aromatic carbocycles. The summed E-state index contributed by atoms with van der Waals surface area (Å²) in [6, 6.07) is 0. The van der Waals surface area contributed by atoms with Gasteiger partial charge in [0, 0.05) is 0 Å². The molecule has 0 heterocycles. The Hall–Kier alpha value is 1.62. The number of rotatable bonds is 7. The minimum absolute atomic E-state index is 0. The summed E-state index contributed by atoms with van der Waals surface area (Å²) in [6.07, 6.45) is -8.04. The van der Waals surface area contributed by atoms with E-state index in [1.807, 2.05) is 0 Å². The number of hydrogen-bond acceptors (Lipinski definition) is 9. The normalized spacial score (nSPS) is 17.7. The molecule has 12 heteroatoms. The molecular weight excluding hydrogens is 293 g/mol. The molecule has 0 aromatic rings. The molecule has 0 rings (SSSR count). The van der Waals surface area contributed by atoms with Crippen LogP contribution in [0.4, 0.5) is 0 Å². The molecule has 96 valence electrons. The van der Waals surface area contributed by atoms with Gasteiger partial charge in [-0.05, 0) is 0 Å². The number of aldehydes is 1. The Morgan fingerprint density at radius 1 is 1.11 bits per heavy atom. The van der Waals surface area contributed by atoms with Crippen molar-refractivity contribution < 1.29 is 103 Å². The van der Waals surface area contributed by atoms with Crippen LogP contribution in [0.5, 0.6) is 0 Å². The zero-order valence-electron chi connectivity index (χ0n) is 9.87.